The summed E-state index contributed by atoms with van der Waals surface area (Å²) in [7, 11) is 2.21. The van der Waals surface area contributed by atoms with Crippen LogP contribution >= 0.6 is 0 Å². The molecule has 0 aromatic carbocycles. The Morgan fingerprint density at radius 2 is 2.05 bits per heavy atom. The van der Waals surface area contributed by atoms with E-state index in [1.165, 1.54) is 26.1 Å². The van der Waals surface area contributed by atoms with Gasteiger partial charge in [0.1, 0.15) is 0 Å². The highest BCUT2D eigenvalue weighted by molar-refractivity contribution is 4.73. The van der Waals surface area contributed by atoms with E-state index in [4.69, 9.17) is 4.74 Å². The second-order valence-electron chi connectivity index (χ2n) is 4.90. The van der Waals surface area contributed by atoms with E-state index >= 15 is 0 Å². The van der Waals surface area contributed by atoms with Crippen molar-refractivity contribution in [2.24, 2.45) is 0 Å². The molecular formula is C15H37N3O. The third kappa shape index (κ3) is 9.38. The van der Waals surface area contributed by atoms with Crippen LogP contribution < -0.4 is 5.32 Å². The predicted molar refractivity (Wildman–Crippen MR) is 86.0 cm³/mol. The lowest BCUT2D eigenvalue weighted by Crippen LogP contribution is -2.48. The number of nitrogens with one attached hydrogen (secondary N) is 1. The molecular weight excluding hydrogens is 238 g/mol. The molecule has 0 saturated carbocycles. The van der Waals surface area contributed by atoms with E-state index in [0.717, 1.165) is 32.8 Å². The van der Waals surface area contributed by atoms with E-state index in [0.29, 0.717) is 6.10 Å². The summed E-state index contributed by atoms with van der Waals surface area (Å²) in [5.41, 5.74) is 0. The van der Waals surface area contributed by atoms with Gasteiger partial charge in [-0.3, -0.25) is 4.90 Å². The Labute approximate surface area is 122 Å². The SMILES string of the molecule is CC.CCCN(C)CCN1CCO[C@H](CNCC)C1.[HH]. The molecule has 0 spiro atoms. The van der Waals surface area contributed by atoms with Crippen LogP contribution in [0.5, 0.6) is 0 Å². The lowest BCUT2D eigenvalue weighted by Gasteiger charge is -2.34. The summed E-state index contributed by atoms with van der Waals surface area (Å²) in [6, 6.07) is 0. The van der Waals surface area contributed by atoms with Gasteiger partial charge in [0.05, 0.1) is 12.7 Å². The number of morpholine rings is 1. The van der Waals surface area contributed by atoms with Crippen molar-refractivity contribution >= 4 is 0 Å². The lowest BCUT2D eigenvalue weighted by atomic mass is 10.2. The first-order valence-corrected chi connectivity index (χ1v) is 7.99. The smallest absolute Gasteiger partial charge is 0.0826 e. The van der Waals surface area contributed by atoms with Gasteiger partial charge >= 0.3 is 0 Å². The van der Waals surface area contributed by atoms with Gasteiger partial charge in [-0.05, 0) is 26.6 Å². The number of hydrogen-bond donors (Lipinski definition) is 1. The molecule has 0 unspecified atom stereocenters. The Hall–Kier alpha value is -0.160. The van der Waals surface area contributed by atoms with Crippen molar-refractivity contribution < 1.29 is 6.16 Å². The van der Waals surface area contributed by atoms with Crippen LogP contribution in [0.3, 0.4) is 0 Å². The first-order chi connectivity index (χ1) is 9.26. The molecule has 0 aromatic heterocycles. The van der Waals surface area contributed by atoms with Crippen LogP contribution in [-0.2, 0) is 4.74 Å². The fourth-order valence-electron chi connectivity index (χ4n) is 2.22. The van der Waals surface area contributed by atoms with Crippen LogP contribution in [0.2, 0.25) is 0 Å². The zero-order chi connectivity index (χ0) is 14.5. The Kier molecular flexibility index (Phi) is 12.7. The minimum absolute atomic E-state index is 0. The lowest BCUT2D eigenvalue weighted by molar-refractivity contribution is -0.0284. The Bertz CT molecular complexity index is 196. The van der Waals surface area contributed by atoms with Gasteiger partial charge in [0.2, 0.25) is 0 Å². The topological polar surface area (TPSA) is 27.7 Å². The molecule has 0 amide bonds. The minimum atomic E-state index is 0. The third-order valence-electron chi connectivity index (χ3n) is 3.25. The Balaban J connectivity index is 0. The van der Waals surface area contributed by atoms with Crippen molar-refractivity contribution in [1.82, 2.24) is 15.1 Å². The van der Waals surface area contributed by atoms with Gasteiger partial charge in [0, 0.05) is 34.2 Å². The molecule has 1 saturated heterocycles. The molecule has 0 radical (unpaired) electrons. The summed E-state index contributed by atoms with van der Waals surface area (Å²) in [5.74, 6) is 0. The molecule has 0 bridgehead atoms. The molecule has 1 rings (SSSR count). The summed E-state index contributed by atoms with van der Waals surface area (Å²) in [5, 5.41) is 3.36. The van der Waals surface area contributed by atoms with Crippen molar-refractivity contribution in [2.75, 3.05) is 59.5 Å². The molecule has 0 aromatic rings. The largest absolute Gasteiger partial charge is 0.374 e. The normalized spacial score (nSPS) is 20.2. The highest BCUT2D eigenvalue weighted by Gasteiger charge is 2.19. The van der Waals surface area contributed by atoms with Crippen molar-refractivity contribution in [2.45, 2.75) is 40.2 Å². The average Bonchev–Trinajstić information content (AvgIpc) is 2.46. The Morgan fingerprint density at radius 1 is 1.32 bits per heavy atom. The van der Waals surface area contributed by atoms with Crippen molar-refractivity contribution in [3.05, 3.63) is 0 Å². The quantitative estimate of drug-likeness (QED) is 0.732. The number of hydrogen-bond acceptors (Lipinski definition) is 4. The Morgan fingerprint density at radius 3 is 2.68 bits per heavy atom. The van der Waals surface area contributed by atoms with Gasteiger partial charge in [0.25, 0.3) is 0 Å². The molecule has 1 heterocycles. The van der Waals surface area contributed by atoms with Gasteiger partial charge in [-0.15, -0.1) is 0 Å². The minimum Gasteiger partial charge on any atom is -0.374 e. The monoisotopic (exact) mass is 275 g/mol. The molecule has 19 heavy (non-hydrogen) atoms. The number of rotatable bonds is 8. The molecule has 0 aliphatic carbocycles. The summed E-state index contributed by atoms with van der Waals surface area (Å²) >= 11 is 0. The summed E-state index contributed by atoms with van der Waals surface area (Å²) < 4.78 is 5.75. The molecule has 1 aliphatic heterocycles. The van der Waals surface area contributed by atoms with Gasteiger partial charge in [-0.25, -0.2) is 0 Å². The molecule has 1 N–H and O–H groups in total. The molecule has 118 valence electrons. The van der Waals surface area contributed by atoms with Crippen molar-refractivity contribution in [3.8, 4) is 0 Å². The van der Waals surface area contributed by atoms with E-state index in [2.05, 4.69) is 36.0 Å². The zero-order valence-electron chi connectivity index (χ0n) is 13.7. The molecule has 4 heteroatoms. The first kappa shape index (κ1) is 18.8. The maximum absolute atomic E-state index is 5.75. The van der Waals surface area contributed by atoms with Crippen LogP contribution in [-0.4, -0.2) is 75.4 Å². The maximum Gasteiger partial charge on any atom is 0.0826 e. The van der Waals surface area contributed by atoms with Gasteiger partial charge < -0.3 is 15.0 Å². The number of likely N-dealkylation sites (N-methyl/N-ethyl adjacent to an activating group) is 2. The first-order valence-electron chi connectivity index (χ1n) is 7.99. The van der Waals surface area contributed by atoms with Crippen LogP contribution in [0.4, 0.5) is 0 Å². The van der Waals surface area contributed by atoms with Crippen LogP contribution in [0.1, 0.15) is 35.5 Å². The zero-order valence-corrected chi connectivity index (χ0v) is 13.7. The van der Waals surface area contributed by atoms with Crippen molar-refractivity contribution in [1.29, 1.82) is 0 Å². The fraction of sp³-hybridized carbons (Fsp3) is 1.00. The van der Waals surface area contributed by atoms with E-state index in [9.17, 15) is 0 Å². The molecule has 1 atom stereocenters. The van der Waals surface area contributed by atoms with E-state index in [-0.39, 0.29) is 1.43 Å². The third-order valence-corrected chi connectivity index (χ3v) is 3.25. The van der Waals surface area contributed by atoms with Gasteiger partial charge in [-0.1, -0.05) is 27.7 Å². The van der Waals surface area contributed by atoms with Crippen LogP contribution in [0, 0.1) is 0 Å². The molecule has 4 nitrogen and oxygen atoms in total. The molecule has 1 aliphatic rings. The number of nitrogens with zero attached hydrogens (tertiary/aromatic N) is 2. The van der Waals surface area contributed by atoms with E-state index in [1.54, 1.807) is 0 Å². The summed E-state index contributed by atoms with van der Waals surface area (Å²) in [6.07, 6.45) is 1.61. The van der Waals surface area contributed by atoms with Crippen molar-refractivity contribution in [3.63, 3.8) is 0 Å². The standard InChI is InChI=1S/C13H29N3O.C2H6.H2/c1-4-6-15(3)7-8-16-9-10-17-13(12-16)11-14-5-2;1-2;/h13-14H,4-12H2,1-3H3;1-2H3;1H/t13-;;/m1../s1. The predicted octanol–water partition coefficient (Wildman–Crippen LogP) is 1.91. The average molecular weight is 275 g/mol. The number of ether oxygens (including phenoxy) is 1. The maximum atomic E-state index is 5.75. The summed E-state index contributed by atoms with van der Waals surface area (Å²) in [4.78, 5) is 4.94. The highest BCUT2D eigenvalue weighted by Crippen LogP contribution is 2.04. The highest BCUT2D eigenvalue weighted by atomic mass is 16.5. The van der Waals surface area contributed by atoms with Gasteiger partial charge in [-0.2, -0.15) is 0 Å². The second kappa shape index (κ2) is 12.9. The molecule has 1 fully saturated rings. The van der Waals surface area contributed by atoms with Crippen LogP contribution in [0.15, 0.2) is 0 Å². The fourth-order valence-corrected chi connectivity index (χ4v) is 2.22. The second-order valence-corrected chi connectivity index (χ2v) is 4.90. The van der Waals surface area contributed by atoms with E-state index in [1.807, 2.05) is 13.8 Å². The van der Waals surface area contributed by atoms with E-state index < -0.39 is 0 Å². The summed E-state index contributed by atoms with van der Waals surface area (Å²) in [6.45, 7) is 17.0. The van der Waals surface area contributed by atoms with Crippen LogP contribution in [0.25, 0.3) is 0 Å². The van der Waals surface area contributed by atoms with Gasteiger partial charge in [0.15, 0.2) is 0 Å².